The van der Waals surface area contributed by atoms with Crippen LogP contribution in [0.2, 0.25) is 0 Å². The minimum atomic E-state index is -0.335. The second kappa shape index (κ2) is 9.01. The highest BCUT2D eigenvalue weighted by molar-refractivity contribution is 8.00. The molecule has 2 aromatic carbocycles. The first-order valence-corrected chi connectivity index (χ1v) is 10.4. The number of anilines is 1. The van der Waals surface area contributed by atoms with E-state index >= 15 is 0 Å². The van der Waals surface area contributed by atoms with Gasteiger partial charge in [0.05, 0.1) is 5.75 Å². The molecule has 4 nitrogen and oxygen atoms in total. The molecular weight excluding hydrogens is 381 g/mol. The molecule has 0 radical (unpaired) electrons. The fraction of sp³-hybridized carbons (Fsp3) is 0.150. The summed E-state index contributed by atoms with van der Waals surface area (Å²) in [7, 11) is 0. The smallest absolute Gasteiger partial charge is 0.234 e. The van der Waals surface area contributed by atoms with Crippen molar-refractivity contribution in [2.75, 3.05) is 17.3 Å². The molecule has 0 aliphatic carbocycles. The molecular formula is C20H18FN3OS2. The summed E-state index contributed by atoms with van der Waals surface area (Å²) in [6.45, 7) is 1.85. The third-order valence-electron chi connectivity index (χ3n) is 3.62. The molecule has 138 valence electrons. The van der Waals surface area contributed by atoms with Crippen molar-refractivity contribution in [2.24, 2.45) is 0 Å². The van der Waals surface area contributed by atoms with Gasteiger partial charge in [0.15, 0.2) is 5.82 Å². The van der Waals surface area contributed by atoms with Gasteiger partial charge in [0.1, 0.15) is 10.8 Å². The molecule has 0 aliphatic rings. The van der Waals surface area contributed by atoms with Crippen LogP contribution in [0.5, 0.6) is 0 Å². The van der Waals surface area contributed by atoms with Crippen molar-refractivity contribution >= 4 is 35.1 Å². The number of rotatable bonds is 6. The molecule has 0 atom stereocenters. The molecule has 3 rings (SSSR count). The highest BCUT2D eigenvalue weighted by Crippen LogP contribution is 2.23. The normalized spacial score (nSPS) is 10.6. The monoisotopic (exact) mass is 399 g/mol. The van der Waals surface area contributed by atoms with Crippen molar-refractivity contribution in [1.82, 2.24) is 9.97 Å². The lowest BCUT2D eigenvalue weighted by molar-refractivity contribution is -0.113. The van der Waals surface area contributed by atoms with Crippen LogP contribution in [0.15, 0.2) is 64.5 Å². The SMILES string of the molecule is CSc1cccc(NC(=O)CSc2cc(C)nc(-c3cccc(F)c3)n2)c1. The first-order chi connectivity index (χ1) is 13.0. The van der Waals surface area contributed by atoms with Crippen molar-refractivity contribution in [1.29, 1.82) is 0 Å². The van der Waals surface area contributed by atoms with Gasteiger partial charge in [-0.1, -0.05) is 30.0 Å². The van der Waals surface area contributed by atoms with Gasteiger partial charge in [-0.3, -0.25) is 4.79 Å². The first kappa shape index (κ1) is 19.4. The van der Waals surface area contributed by atoms with Crippen LogP contribution in [-0.4, -0.2) is 27.9 Å². The predicted octanol–water partition coefficient (Wildman–Crippen LogP) is 5.04. The molecule has 0 spiro atoms. The summed E-state index contributed by atoms with van der Waals surface area (Å²) in [5.41, 5.74) is 2.14. The van der Waals surface area contributed by atoms with E-state index < -0.39 is 0 Å². The van der Waals surface area contributed by atoms with Crippen molar-refractivity contribution in [3.05, 3.63) is 66.1 Å². The van der Waals surface area contributed by atoms with Crippen LogP contribution in [0.25, 0.3) is 11.4 Å². The van der Waals surface area contributed by atoms with E-state index in [0.29, 0.717) is 16.4 Å². The van der Waals surface area contributed by atoms with E-state index in [-0.39, 0.29) is 17.5 Å². The Morgan fingerprint density at radius 3 is 2.70 bits per heavy atom. The Labute approximate surface area is 166 Å². The zero-order valence-electron chi connectivity index (χ0n) is 14.9. The Morgan fingerprint density at radius 2 is 1.93 bits per heavy atom. The summed E-state index contributed by atoms with van der Waals surface area (Å²) < 4.78 is 13.5. The number of amides is 1. The van der Waals surface area contributed by atoms with E-state index in [1.807, 2.05) is 43.5 Å². The van der Waals surface area contributed by atoms with E-state index in [2.05, 4.69) is 15.3 Å². The molecule has 0 saturated carbocycles. The maximum Gasteiger partial charge on any atom is 0.234 e. The Bertz CT molecular complexity index is 965. The molecule has 0 fully saturated rings. The number of benzene rings is 2. The second-order valence-corrected chi connectivity index (χ2v) is 7.63. The Hall–Kier alpha value is -2.38. The van der Waals surface area contributed by atoms with Gasteiger partial charge in [-0.25, -0.2) is 14.4 Å². The van der Waals surface area contributed by atoms with E-state index in [1.165, 1.54) is 23.9 Å². The molecule has 1 N–H and O–H groups in total. The number of halogens is 1. The van der Waals surface area contributed by atoms with E-state index in [0.717, 1.165) is 16.3 Å². The van der Waals surface area contributed by atoms with Crippen molar-refractivity contribution < 1.29 is 9.18 Å². The Balaban J connectivity index is 1.67. The van der Waals surface area contributed by atoms with Gasteiger partial charge in [0.2, 0.25) is 5.91 Å². The number of carbonyl (C=O) groups excluding carboxylic acids is 1. The third kappa shape index (κ3) is 5.55. The van der Waals surface area contributed by atoms with Gasteiger partial charge < -0.3 is 5.32 Å². The number of aromatic nitrogens is 2. The summed E-state index contributed by atoms with van der Waals surface area (Å²) in [6.07, 6.45) is 1.99. The lowest BCUT2D eigenvalue weighted by Gasteiger charge is -2.08. The molecule has 7 heteroatoms. The molecule has 1 amide bonds. The molecule has 0 bridgehead atoms. The molecule has 1 heterocycles. The maximum absolute atomic E-state index is 13.5. The average molecular weight is 400 g/mol. The summed E-state index contributed by atoms with van der Waals surface area (Å²) in [5.74, 6) is 0.230. The van der Waals surface area contributed by atoms with Crippen LogP contribution in [0, 0.1) is 12.7 Å². The summed E-state index contributed by atoms with van der Waals surface area (Å²) in [6, 6.07) is 15.7. The highest BCUT2D eigenvalue weighted by atomic mass is 32.2. The number of aryl methyl sites for hydroxylation is 1. The van der Waals surface area contributed by atoms with Gasteiger partial charge in [-0.05, 0) is 49.6 Å². The van der Waals surface area contributed by atoms with Crippen LogP contribution in [-0.2, 0) is 4.79 Å². The molecule has 1 aromatic heterocycles. The largest absolute Gasteiger partial charge is 0.325 e. The molecule has 0 saturated heterocycles. The topological polar surface area (TPSA) is 54.9 Å². The maximum atomic E-state index is 13.5. The predicted molar refractivity (Wildman–Crippen MR) is 110 cm³/mol. The fourth-order valence-corrected chi connectivity index (χ4v) is 3.62. The van der Waals surface area contributed by atoms with Crippen molar-refractivity contribution in [2.45, 2.75) is 16.8 Å². The second-order valence-electron chi connectivity index (χ2n) is 5.75. The van der Waals surface area contributed by atoms with E-state index in [1.54, 1.807) is 23.9 Å². The number of nitrogens with one attached hydrogen (secondary N) is 1. The van der Waals surface area contributed by atoms with Crippen molar-refractivity contribution in [3.63, 3.8) is 0 Å². The minimum Gasteiger partial charge on any atom is -0.325 e. The number of nitrogens with zero attached hydrogens (tertiary/aromatic N) is 2. The molecule has 3 aromatic rings. The summed E-state index contributed by atoms with van der Waals surface area (Å²) in [5, 5.41) is 3.56. The van der Waals surface area contributed by atoms with Gasteiger partial charge in [0, 0.05) is 21.8 Å². The third-order valence-corrected chi connectivity index (χ3v) is 5.25. The number of thioether (sulfide) groups is 2. The van der Waals surface area contributed by atoms with Crippen LogP contribution in [0.1, 0.15) is 5.69 Å². The van der Waals surface area contributed by atoms with Crippen LogP contribution in [0.4, 0.5) is 10.1 Å². The summed E-state index contributed by atoms with van der Waals surface area (Å²) in [4.78, 5) is 22.1. The quantitative estimate of drug-likeness (QED) is 0.465. The van der Waals surface area contributed by atoms with Gasteiger partial charge in [-0.2, -0.15) is 0 Å². The Kier molecular flexibility index (Phi) is 6.47. The van der Waals surface area contributed by atoms with Crippen LogP contribution >= 0.6 is 23.5 Å². The lowest BCUT2D eigenvalue weighted by atomic mass is 10.2. The molecule has 0 unspecified atom stereocenters. The summed E-state index contributed by atoms with van der Waals surface area (Å²) >= 11 is 2.95. The van der Waals surface area contributed by atoms with Gasteiger partial charge >= 0.3 is 0 Å². The Morgan fingerprint density at radius 1 is 1.11 bits per heavy atom. The van der Waals surface area contributed by atoms with E-state index in [4.69, 9.17) is 0 Å². The first-order valence-electron chi connectivity index (χ1n) is 8.22. The van der Waals surface area contributed by atoms with Crippen molar-refractivity contribution in [3.8, 4) is 11.4 Å². The minimum absolute atomic E-state index is 0.109. The number of hydrogen-bond acceptors (Lipinski definition) is 5. The van der Waals surface area contributed by atoms with Crippen LogP contribution in [0.3, 0.4) is 0 Å². The number of carbonyl (C=O) groups is 1. The van der Waals surface area contributed by atoms with Gasteiger partial charge in [-0.15, -0.1) is 11.8 Å². The average Bonchev–Trinajstić information content (AvgIpc) is 2.66. The fourth-order valence-electron chi connectivity index (χ4n) is 2.41. The van der Waals surface area contributed by atoms with E-state index in [9.17, 15) is 9.18 Å². The lowest BCUT2D eigenvalue weighted by Crippen LogP contribution is -2.14. The zero-order valence-corrected chi connectivity index (χ0v) is 16.5. The highest BCUT2D eigenvalue weighted by Gasteiger charge is 2.09. The molecule has 0 aliphatic heterocycles. The standard InChI is InChI=1S/C20H18FN3OS2/c1-13-9-19(24-20(22-13)14-5-3-6-15(21)10-14)27-12-18(25)23-16-7-4-8-17(11-16)26-2/h3-11H,12H2,1-2H3,(H,23,25). The van der Waals surface area contributed by atoms with Crippen LogP contribution < -0.4 is 5.32 Å². The number of hydrogen-bond donors (Lipinski definition) is 1. The zero-order chi connectivity index (χ0) is 19.2. The molecule has 27 heavy (non-hydrogen) atoms. The van der Waals surface area contributed by atoms with Gasteiger partial charge in [0.25, 0.3) is 0 Å².